The Bertz CT molecular complexity index is 505. The number of fused-ring (bicyclic) bond motifs is 1. The van der Waals surface area contributed by atoms with Crippen LogP contribution < -0.4 is 0 Å². The topological polar surface area (TPSA) is 38.7 Å². The lowest BCUT2D eigenvalue weighted by atomic mass is 9.98. The summed E-state index contributed by atoms with van der Waals surface area (Å²) < 4.78 is 0. The zero-order valence-corrected chi connectivity index (χ0v) is 8.04. The Hall–Kier alpha value is -2.03. The van der Waals surface area contributed by atoms with Gasteiger partial charge in [0.15, 0.2) is 0 Å². The van der Waals surface area contributed by atoms with Crippen molar-refractivity contribution in [2.75, 3.05) is 0 Å². The van der Waals surface area contributed by atoms with E-state index in [2.05, 4.69) is 39.7 Å². The first-order valence-corrected chi connectivity index (χ1v) is 4.86. The third kappa shape index (κ3) is 1.32. The molecule has 0 N–H and O–H groups in total. The van der Waals surface area contributed by atoms with Crippen molar-refractivity contribution >= 4 is 6.08 Å². The Balaban J connectivity index is 2.09. The van der Waals surface area contributed by atoms with Crippen LogP contribution in [-0.2, 0) is 0 Å². The fourth-order valence-corrected chi connectivity index (χ4v) is 1.92. The zero-order valence-electron chi connectivity index (χ0n) is 8.04. The highest BCUT2D eigenvalue weighted by Gasteiger charge is 2.19. The van der Waals surface area contributed by atoms with E-state index in [0.29, 0.717) is 0 Å². The van der Waals surface area contributed by atoms with Crippen LogP contribution in [0.4, 0.5) is 0 Å². The maximum Gasteiger partial charge on any atom is 0.0777 e. The van der Waals surface area contributed by atoms with Crippen LogP contribution in [0.15, 0.2) is 42.6 Å². The van der Waals surface area contributed by atoms with E-state index in [4.69, 9.17) is 0 Å². The molecule has 15 heavy (non-hydrogen) atoms. The van der Waals surface area contributed by atoms with Crippen molar-refractivity contribution in [3.8, 4) is 0 Å². The highest BCUT2D eigenvalue weighted by molar-refractivity contribution is 5.64. The molecule has 0 fully saturated rings. The first-order valence-electron chi connectivity index (χ1n) is 4.86. The van der Waals surface area contributed by atoms with Crippen LogP contribution >= 0.6 is 0 Å². The Morgan fingerprint density at radius 3 is 2.87 bits per heavy atom. The molecule has 1 atom stereocenters. The number of hydrogen-bond acceptors (Lipinski definition) is 3. The van der Waals surface area contributed by atoms with E-state index in [1.54, 1.807) is 6.20 Å². The van der Waals surface area contributed by atoms with Gasteiger partial charge in [0, 0.05) is 5.92 Å². The SMILES string of the molecule is C1=CC(c2ccnnn2)c2ccccc21. The van der Waals surface area contributed by atoms with E-state index >= 15 is 0 Å². The largest absolute Gasteiger partial charge is 0.139 e. The summed E-state index contributed by atoms with van der Waals surface area (Å²) in [4.78, 5) is 0. The molecule has 0 saturated carbocycles. The minimum Gasteiger partial charge on any atom is -0.139 e. The Labute approximate surface area is 87.5 Å². The van der Waals surface area contributed by atoms with Gasteiger partial charge in [-0.05, 0) is 22.4 Å². The Kier molecular flexibility index (Phi) is 1.81. The summed E-state index contributed by atoms with van der Waals surface area (Å²) in [6, 6.07) is 10.2. The molecular formula is C12H9N3. The first-order chi connectivity index (χ1) is 7.45. The smallest absolute Gasteiger partial charge is 0.0777 e. The minimum absolute atomic E-state index is 0.233. The van der Waals surface area contributed by atoms with Gasteiger partial charge >= 0.3 is 0 Å². The molecule has 1 heterocycles. The number of rotatable bonds is 1. The van der Waals surface area contributed by atoms with Crippen molar-refractivity contribution < 1.29 is 0 Å². The van der Waals surface area contributed by atoms with Crippen molar-refractivity contribution in [3.05, 3.63) is 59.4 Å². The van der Waals surface area contributed by atoms with Crippen molar-refractivity contribution in [3.63, 3.8) is 0 Å². The molecule has 3 nitrogen and oxygen atoms in total. The van der Waals surface area contributed by atoms with Crippen LogP contribution in [0.2, 0.25) is 0 Å². The van der Waals surface area contributed by atoms with Gasteiger partial charge in [0.05, 0.1) is 11.9 Å². The van der Waals surface area contributed by atoms with Gasteiger partial charge in [0.25, 0.3) is 0 Å². The highest BCUT2D eigenvalue weighted by atomic mass is 15.3. The molecule has 3 heteroatoms. The molecule has 0 radical (unpaired) electrons. The van der Waals surface area contributed by atoms with Gasteiger partial charge < -0.3 is 0 Å². The molecule has 1 aromatic heterocycles. The van der Waals surface area contributed by atoms with Crippen molar-refractivity contribution in [1.82, 2.24) is 15.4 Å². The van der Waals surface area contributed by atoms with Crippen LogP contribution in [0.25, 0.3) is 6.08 Å². The number of aromatic nitrogens is 3. The first kappa shape index (κ1) is 8.29. The fraction of sp³-hybridized carbons (Fsp3) is 0.0833. The minimum atomic E-state index is 0.233. The second-order valence-corrected chi connectivity index (χ2v) is 3.51. The summed E-state index contributed by atoms with van der Waals surface area (Å²) in [6.07, 6.45) is 5.95. The van der Waals surface area contributed by atoms with E-state index in [1.807, 2.05) is 18.2 Å². The normalized spacial score (nSPS) is 17.7. The van der Waals surface area contributed by atoms with E-state index in [0.717, 1.165) is 5.69 Å². The van der Waals surface area contributed by atoms with Crippen LogP contribution in [0.3, 0.4) is 0 Å². The van der Waals surface area contributed by atoms with Crippen molar-refractivity contribution in [2.45, 2.75) is 5.92 Å². The Morgan fingerprint density at radius 1 is 1.07 bits per heavy atom. The van der Waals surface area contributed by atoms with Gasteiger partial charge in [-0.1, -0.05) is 36.4 Å². The number of benzene rings is 1. The standard InChI is InChI=1S/C12H9N3/c1-2-4-10-9(3-1)5-6-11(10)12-7-8-13-15-14-12/h1-8,11H. The van der Waals surface area contributed by atoms with Crippen LogP contribution in [0.1, 0.15) is 22.7 Å². The molecule has 0 aliphatic heterocycles. The predicted octanol–water partition coefficient (Wildman–Crippen LogP) is 2.03. The molecule has 1 unspecified atom stereocenters. The average Bonchev–Trinajstić information content (AvgIpc) is 2.74. The summed E-state index contributed by atoms with van der Waals surface area (Å²) in [5.41, 5.74) is 3.50. The van der Waals surface area contributed by atoms with Crippen LogP contribution in [0, 0.1) is 0 Å². The lowest BCUT2D eigenvalue weighted by Gasteiger charge is -2.08. The van der Waals surface area contributed by atoms with E-state index < -0.39 is 0 Å². The van der Waals surface area contributed by atoms with Crippen molar-refractivity contribution in [2.24, 2.45) is 0 Å². The molecule has 0 spiro atoms. The molecule has 72 valence electrons. The monoisotopic (exact) mass is 195 g/mol. The number of hydrogen-bond donors (Lipinski definition) is 0. The van der Waals surface area contributed by atoms with Gasteiger partial charge in [-0.2, -0.15) is 0 Å². The van der Waals surface area contributed by atoms with E-state index in [1.165, 1.54) is 11.1 Å². The van der Waals surface area contributed by atoms with Crippen molar-refractivity contribution in [1.29, 1.82) is 0 Å². The molecule has 0 saturated heterocycles. The van der Waals surface area contributed by atoms with Gasteiger partial charge in [0.2, 0.25) is 0 Å². The maximum absolute atomic E-state index is 4.05. The van der Waals surface area contributed by atoms with Gasteiger partial charge in [0.1, 0.15) is 0 Å². The predicted molar refractivity (Wildman–Crippen MR) is 57.1 cm³/mol. The zero-order chi connectivity index (χ0) is 10.1. The lowest BCUT2D eigenvalue weighted by Crippen LogP contribution is -2.00. The summed E-state index contributed by atoms with van der Waals surface area (Å²) >= 11 is 0. The molecule has 3 rings (SSSR count). The second-order valence-electron chi connectivity index (χ2n) is 3.51. The second kappa shape index (κ2) is 3.28. The molecule has 1 aromatic carbocycles. The number of nitrogens with zero attached hydrogens (tertiary/aromatic N) is 3. The molecule has 2 aromatic rings. The molecular weight excluding hydrogens is 186 g/mol. The molecule has 1 aliphatic carbocycles. The van der Waals surface area contributed by atoms with E-state index in [-0.39, 0.29) is 5.92 Å². The Morgan fingerprint density at radius 2 is 2.00 bits per heavy atom. The third-order valence-corrected chi connectivity index (χ3v) is 2.64. The fourth-order valence-electron chi connectivity index (χ4n) is 1.92. The molecule has 0 bridgehead atoms. The quantitative estimate of drug-likeness (QED) is 0.698. The highest BCUT2D eigenvalue weighted by Crippen LogP contribution is 2.33. The average molecular weight is 195 g/mol. The maximum atomic E-state index is 4.05. The van der Waals surface area contributed by atoms with Gasteiger partial charge in [-0.3, -0.25) is 0 Å². The number of allylic oxidation sites excluding steroid dienone is 1. The summed E-state index contributed by atoms with van der Waals surface area (Å²) in [5.74, 6) is 0.233. The van der Waals surface area contributed by atoms with E-state index in [9.17, 15) is 0 Å². The van der Waals surface area contributed by atoms with Gasteiger partial charge in [-0.25, -0.2) is 0 Å². The summed E-state index contributed by atoms with van der Waals surface area (Å²) in [5, 5.41) is 11.4. The summed E-state index contributed by atoms with van der Waals surface area (Å²) in [6.45, 7) is 0. The lowest BCUT2D eigenvalue weighted by molar-refractivity contribution is 0.797. The summed E-state index contributed by atoms with van der Waals surface area (Å²) in [7, 11) is 0. The third-order valence-electron chi connectivity index (χ3n) is 2.64. The van der Waals surface area contributed by atoms with Crippen LogP contribution in [0.5, 0.6) is 0 Å². The molecule has 0 amide bonds. The van der Waals surface area contributed by atoms with Gasteiger partial charge in [-0.15, -0.1) is 10.2 Å². The van der Waals surface area contributed by atoms with Crippen LogP contribution in [-0.4, -0.2) is 15.4 Å². The molecule has 1 aliphatic rings.